The third-order valence-corrected chi connectivity index (χ3v) is 3.63. The number of nitrogens with one attached hydrogen (secondary N) is 2. The van der Waals surface area contributed by atoms with Crippen LogP contribution in [0.1, 0.15) is 11.4 Å². The van der Waals surface area contributed by atoms with Crippen molar-refractivity contribution in [3.05, 3.63) is 66.0 Å². The van der Waals surface area contributed by atoms with Crippen molar-refractivity contribution in [3.8, 4) is 5.82 Å². The molecule has 3 rings (SSSR count). The Bertz CT molecular complexity index is 881. The van der Waals surface area contributed by atoms with Gasteiger partial charge >= 0.3 is 0 Å². The van der Waals surface area contributed by atoms with Crippen molar-refractivity contribution in [1.82, 2.24) is 25.1 Å². The van der Waals surface area contributed by atoms with E-state index in [1.807, 2.05) is 6.07 Å². The van der Waals surface area contributed by atoms with Gasteiger partial charge in [-0.15, -0.1) is 0 Å². The van der Waals surface area contributed by atoms with E-state index in [1.165, 1.54) is 6.07 Å². The average molecular weight is 354 g/mol. The third-order valence-electron chi connectivity index (χ3n) is 3.63. The van der Waals surface area contributed by atoms with Crippen molar-refractivity contribution in [3.63, 3.8) is 0 Å². The molecule has 0 atom stereocenters. The molecule has 26 heavy (non-hydrogen) atoms. The summed E-state index contributed by atoms with van der Waals surface area (Å²) in [5.74, 6) is 1.32. The van der Waals surface area contributed by atoms with E-state index in [0.717, 1.165) is 0 Å². The van der Waals surface area contributed by atoms with Crippen LogP contribution in [0.2, 0.25) is 0 Å². The van der Waals surface area contributed by atoms with Gasteiger partial charge in [-0.25, -0.2) is 19.0 Å². The van der Waals surface area contributed by atoms with Gasteiger partial charge in [-0.3, -0.25) is 4.79 Å². The molecule has 1 amide bonds. The second kappa shape index (κ2) is 8.19. The SMILES string of the molecule is Cc1nc(NCCNC(=O)Cc2ccccc2F)cc(-n2cccn2)n1. The predicted molar refractivity (Wildman–Crippen MR) is 95.5 cm³/mol. The number of rotatable bonds is 7. The molecule has 1 aromatic carbocycles. The van der Waals surface area contributed by atoms with Gasteiger partial charge in [0.2, 0.25) is 5.91 Å². The molecule has 0 fully saturated rings. The van der Waals surface area contributed by atoms with Crippen LogP contribution in [0, 0.1) is 12.7 Å². The predicted octanol–water partition coefficient (Wildman–Crippen LogP) is 1.88. The molecule has 8 heteroatoms. The molecule has 7 nitrogen and oxygen atoms in total. The number of hydrogen-bond acceptors (Lipinski definition) is 5. The number of carbonyl (C=O) groups is 1. The number of halogens is 1. The minimum atomic E-state index is -0.372. The molecular weight excluding hydrogens is 335 g/mol. The quantitative estimate of drug-likeness (QED) is 0.633. The Kier molecular flexibility index (Phi) is 5.52. The number of hydrogen-bond donors (Lipinski definition) is 2. The lowest BCUT2D eigenvalue weighted by atomic mass is 10.1. The maximum atomic E-state index is 13.5. The normalized spacial score (nSPS) is 10.5. The number of anilines is 1. The van der Waals surface area contributed by atoms with Gasteiger partial charge in [0.15, 0.2) is 5.82 Å². The largest absolute Gasteiger partial charge is 0.368 e. The maximum absolute atomic E-state index is 13.5. The van der Waals surface area contributed by atoms with E-state index < -0.39 is 0 Å². The zero-order chi connectivity index (χ0) is 18.4. The molecule has 0 saturated heterocycles. The van der Waals surface area contributed by atoms with Gasteiger partial charge in [-0.1, -0.05) is 18.2 Å². The molecule has 0 aliphatic rings. The number of aryl methyl sites for hydroxylation is 1. The number of carbonyl (C=O) groups excluding carboxylic acids is 1. The first-order chi connectivity index (χ1) is 12.6. The highest BCUT2D eigenvalue weighted by Gasteiger charge is 2.07. The van der Waals surface area contributed by atoms with Crippen molar-refractivity contribution in [2.45, 2.75) is 13.3 Å². The summed E-state index contributed by atoms with van der Waals surface area (Å²) in [6, 6.07) is 9.85. The monoisotopic (exact) mass is 354 g/mol. The van der Waals surface area contributed by atoms with Crippen molar-refractivity contribution in [2.24, 2.45) is 0 Å². The Morgan fingerprint density at radius 3 is 2.81 bits per heavy atom. The molecule has 2 N–H and O–H groups in total. The van der Waals surface area contributed by atoms with E-state index in [4.69, 9.17) is 0 Å². The second-order valence-corrected chi connectivity index (χ2v) is 5.65. The van der Waals surface area contributed by atoms with Crippen LogP contribution in [0.25, 0.3) is 5.82 Å². The Labute approximate surface area is 150 Å². The summed E-state index contributed by atoms with van der Waals surface area (Å²) in [7, 11) is 0. The van der Waals surface area contributed by atoms with Crippen molar-refractivity contribution >= 4 is 11.7 Å². The van der Waals surface area contributed by atoms with Gasteiger partial charge < -0.3 is 10.6 Å². The molecule has 0 aliphatic heterocycles. The molecule has 0 bridgehead atoms. The lowest BCUT2D eigenvalue weighted by Crippen LogP contribution is -2.30. The highest BCUT2D eigenvalue weighted by atomic mass is 19.1. The van der Waals surface area contributed by atoms with Crippen molar-refractivity contribution in [2.75, 3.05) is 18.4 Å². The first kappa shape index (κ1) is 17.5. The number of amides is 1. The summed E-state index contributed by atoms with van der Waals surface area (Å²) in [5.41, 5.74) is 0.383. The summed E-state index contributed by atoms with van der Waals surface area (Å²) < 4.78 is 15.2. The third kappa shape index (κ3) is 4.62. The number of nitrogens with zero attached hydrogens (tertiary/aromatic N) is 4. The molecule has 0 unspecified atom stereocenters. The van der Waals surface area contributed by atoms with Gasteiger partial charge in [0.05, 0.1) is 6.42 Å². The zero-order valence-corrected chi connectivity index (χ0v) is 14.3. The highest BCUT2D eigenvalue weighted by molar-refractivity contribution is 5.78. The molecule has 0 radical (unpaired) electrons. The molecule has 2 heterocycles. The van der Waals surface area contributed by atoms with Crippen LogP contribution in [-0.2, 0) is 11.2 Å². The van der Waals surface area contributed by atoms with E-state index in [0.29, 0.717) is 36.1 Å². The second-order valence-electron chi connectivity index (χ2n) is 5.65. The Hall–Kier alpha value is -3.29. The van der Waals surface area contributed by atoms with Gasteiger partial charge in [0.25, 0.3) is 0 Å². The fourth-order valence-electron chi connectivity index (χ4n) is 2.43. The van der Waals surface area contributed by atoms with E-state index >= 15 is 0 Å². The number of benzene rings is 1. The van der Waals surface area contributed by atoms with Gasteiger partial charge in [-0.05, 0) is 24.6 Å². The molecule has 0 spiro atoms. The van der Waals surface area contributed by atoms with Crippen LogP contribution < -0.4 is 10.6 Å². The van der Waals surface area contributed by atoms with Gasteiger partial charge in [0, 0.05) is 31.5 Å². The van der Waals surface area contributed by atoms with Crippen molar-refractivity contribution < 1.29 is 9.18 Å². The topological polar surface area (TPSA) is 84.7 Å². The molecule has 134 valence electrons. The Balaban J connectivity index is 1.49. The lowest BCUT2D eigenvalue weighted by molar-refractivity contribution is -0.120. The molecular formula is C18H19FN6O. The minimum Gasteiger partial charge on any atom is -0.368 e. The van der Waals surface area contributed by atoms with Crippen LogP contribution in [-0.4, -0.2) is 38.7 Å². The zero-order valence-electron chi connectivity index (χ0n) is 14.3. The van der Waals surface area contributed by atoms with Crippen LogP contribution >= 0.6 is 0 Å². The summed E-state index contributed by atoms with van der Waals surface area (Å²) in [6.45, 7) is 2.68. The smallest absolute Gasteiger partial charge is 0.224 e. The summed E-state index contributed by atoms with van der Waals surface area (Å²) in [4.78, 5) is 20.5. The molecule has 3 aromatic rings. The Morgan fingerprint density at radius 1 is 1.19 bits per heavy atom. The average Bonchev–Trinajstić information content (AvgIpc) is 3.15. The van der Waals surface area contributed by atoms with Crippen LogP contribution in [0.3, 0.4) is 0 Å². The summed E-state index contributed by atoms with van der Waals surface area (Å²) in [6.07, 6.45) is 3.49. The van der Waals surface area contributed by atoms with Gasteiger partial charge in [0.1, 0.15) is 17.5 Å². The van der Waals surface area contributed by atoms with E-state index in [9.17, 15) is 9.18 Å². The van der Waals surface area contributed by atoms with E-state index in [2.05, 4.69) is 25.7 Å². The van der Waals surface area contributed by atoms with Crippen LogP contribution in [0.15, 0.2) is 48.8 Å². The highest BCUT2D eigenvalue weighted by Crippen LogP contribution is 2.10. The van der Waals surface area contributed by atoms with E-state index in [-0.39, 0.29) is 18.1 Å². The Morgan fingerprint density at radius 2 is 2.04 bits per heavy atom. The summed E-state index contributed by atoms with van der Waals surface area (Å²) in [5, 5.41) is 10.0. The fourth-order valence-corrected chi connectivity index (χ4v) is 2.43. The van der Waals surface area contributed by atoms with Crippen LogP contribution in [0.5, 0.6) is 0 Å². The lowest BCUT2D eigenvalue weighted by Gasteiger charge is -2.10. The van der Waals surface area contributed by atoms with E-state index in [1.54, 1.807) is 48.3 Å². The summed E-state index contributed by atoms with van der Waals surface area (Å²) >= 11 is 0. The standard InChI is InChI=1S/C18H19FN6O/c1-13-23-16(12-17(24-13)25-10-4-7-22-25)20-8-9-21-18(26)11-14-5-2-3-6-15(14)19/h2-7,10,12H,8-9,11H2,1H3,(H,21,26)(H,20,23,24). The molecule has 0 saturated carbocycles. The molecule has 2 aromatic heterocycles. The minimum absolute atomic E-state index is 0.0166. The van der Waals surface area contributed by atoms with Crippen molar-refractivity contribution in [1.29, 1.82) is 0 Å². The first-order valence-corrected chi connectivity index (χ1v) is 8.21. The first-order valence-electron chi connectivity index (χ1n) is 8.21. The fraction of sp³-hybridized carbons (Fsp3) is 0.222. The van der Waals surface area contributed by atoms with Crippen LogP contribution in [0.4, 0.5) is 10.2 Å². The molecule has 0 aliphatic carbocycles. The maximum Gasteiger partial charge on any atom is 0.224 e. The van der Waals surface area contributed by atoms with Gasteiger partial charge in [-0.2, -0.15) is 5.10 Å². The number of aromatic nitrogens is 4.